The summed E-state index contributed by atoms with van der Waals surface area (Å²) in [5, 5.41) is 0.418. The molecule has 0 fully saturated rings. The smallest absolute Gasteiger partial charge is 0.194 e. The van der Waals surface area contributed by atoms with E-state index in [1.807, 2.05) is 158 Å². The van der Waals surface area contributed by atoms with Crippen molar-refractivity contribution in [2.45, 2.75) is 31.6 Å². The highest BCUT2D eigenvalue weighted by Gasteiger charge is 2.80. The standard InChI is InChI=1S/C59H38F6S2/c1-35-53(47-29-25-43(33-51(47)66-35)45-27-23-41(37-15-7-3-8-16-37)31-49(45)39-19-11-5-12-20-39)55-56(58(62,63)59(64,65)57(55,60)61)54-36(2)67-52-34-44(26-30-48(52)54)46-28-24-42(38-17-9-4-10-18-38)32-50(46)40-21-13-6-14-22-40/h3-34H,1-2H3. The Morgan fingerprint density at radius 3 is 1.00 bits per heavy atom. The highest BCUT2D eigenvalue weighted by Crippen LogP contribution is 2.67. The van der Waals surface area contributed by atoms with Gasteiger partial charge < -0.3 is 0 Å². The fourth-order valence-corrected chi connectivity index (χ4v) is 11.9. The Bertz CT molecular complexity index is 3320. The molecule has 0 spiro atoms. The SMILES string of the molecule is Cc1sc2cc(-c3ccc(-c4ccccc4)cc3-c3ccccc3)ccc2c1C1=C(c2c(C)sc3cc(-c4ccc(-c5ccccc5)cc4-c4ccccc4)ccc23)C(F)(F)C(F)(F)C1(F)F. The average Bonchev–Trinajstić information content (AvgIpc) is 3.89. The van der Waals surface area contributed by atoms with Crippen molar-refractivity contribution in [3.8, 4) is 66.8 Å². The third-order valence-corrected chi connectivity index (χ3v) is 15.1. The zero-order valence-electron chi connectivity index (χ0n) is 36.1. The van der Waals surface area contributed by atoms with Gasteiger partial charge in [-0.1, -0.05) is 170 Å². The lowest BCUT2D eigenvalue weighted by atomic mass is 9.89. The summed E-state index contributed by atoms with van der Waals surface area (Å²) in [6.07, 6.45) is 0. The zero-order chi connectivity index (χ0) is 46.2. The monoisotopic (exact) mass is 924 g/mol. The molecule has 0 aliphatic heterocycles. The van der Waals surface area contributed by atoms with E-state index in [4.69, 9.17) is 0 Å². The van der Waals surface area contributed by atoms with E-state index in [2.05, 4.69) is 12.1 Å². The lowest BCUT2D eigenvalue weighted by molar-refractivity contribution is -0.254. The van der Waals surface area contributed by atoms with Crippen LogP contribution in [-0.2, 0) is 0 Å². The van der Waals surface area contributed by atoms with Crippen LogP contribution in [0.1, 0.15) is 20.9 Å². The van der Waals surface area contributed by atoms with Gasteiger partial charge in [-0.2, -0.15) is 26.3 Å². The van der Waals surface area contributed by atoms with E-state index in [1.165, 1.54) is 13.8 Å². The normalized spacial score (nSPS) is 15.2. The highest BCUT2D eigenvalue weighted by atomic mass is 32.1. The first-order valence-electron chi connectivity index (χ1n) is 21.8. The topological polar surface area (TPSA) is 0 Å². The molecule has 0 bridgehead atoms. The second kappa shape index (κ2) is 16.1. The van der Waals surface area contributed by atoms with Gasteiger partial charge in [-0.05, 0) is 105 Å². The Morgan fingerprint density at radius 2 is 0.642 bits per heavy atom. The van der Waals surface area contributed by atoms with Gasteiger partial charge in [0.05, 0.1) is 0 Å². The van der Waals surface area contributed by atoms with E-state index in [0.717, 1.165) is 89.4 Å². The van der Waals surface area contributed by atoms with Crippen LogP contribution in [0.2, 0.25) is 0 Å². The fourth-order valence-electron chi connectivity index (χ4n) is 9.71. The predicted molar refractivity (Wildman–Crippen MR) is 267 cm³/mol. The number of alkyl halides is 6. The molecule has 8 aromatic carbocycles. The van der Waals surface area contributed by atoms with Crippen LogP contribution in [0.15, 0.2) is 194 Å². The summed E-state index contributed by atoms with van der Waals surface area (Å²) in [4.78, 5) is 0.477. The second-order valence-corrected chi connectivity index (χ2v) is 19.5. The molecule has 0 atom stereocenters. The molecule has 67 heavy (non-hydrogen) atoms. The van der Waals surface area contributed by atoms with Crippen molar-refractivity contribution in [2.24, 2.45) is 0 Å². The molecule has 0 saturated carbocycles. The van der Waals surface area contributed by atoms with Crippen LogP contribution in [0.5, 0.6) is 0 Å². The molecular weight excluding hydrogens is 887 g/mol. The molecule has 1 aliphatic rings. The molecule has 0 radical (unpaired) electrons. The van der Waals surface area contributed by atoms with Crippen molar-refractivity contribution in [1.29, 1.82) is 0 Å². The maximum atomic E-state index is 16.7. The highest BCUT2D eigenvalue weighted by molar-refractivity contribution is 7.19. The van der Waals surface area contributed by atoms with Crippen molar-refractivity contribution < 1.29 is 26.3 Å². The van der Waals surface area contributed by atoms with Gasteiger partial charge in [-0.25, -0.2) is 0 Å². The quantitative estimate of drug-likeness (QED) is 0.133. The zero-order valence-corrected chi connectivity index (χ0v) is 37.7. The van der Waals surface area contributed by atoms with Crippen molar-refractivity contribution >= 4 is 54.0 Å². The Labute approximate surface area is 391 Å². The molecule has 11 rings (SSSR count). The minimum Gasteiger partial charge on any atom is -0.194 e. The molecule has 328 valence electrons. The van der Waals surface area contributed by atoms with Gasteiger partial charge in [0.15, 0.2) is 0 Å². The Balaban J connectivity index is 1.07. The van der Waals surface area contributed by atoms with Gasteiger partial charge >= 0.3 is 17.8 Å². The molecular formula is C59H38F6S2. The average molecular weight is 925 g/mol. The van der Waals surface area contributed by atoms with Crippen molar-refractivity contribution in [1.82, 2.24) is 0 Å². The van der Waals surface area contributed by atoms with Gasteiger partial charge in [-0.15, -0.1) is 22.7 Å². The van der Waals surface area contributed by atoms with Crippen LogP contribution in [0.25, 0.3) is 98.1 Å². The summed E-state index contributed by atoms with van der Waals surface area (Å²) in [6, 6.07) is 62.4. The van der Waals surface area contributed by atoms with E-state index < -0.39 is 28.9 Å². The van der Waals surface area contributed by atoms with E-state index in [1.54, 1.807) is 24.3 Å². The molecule has 8 heteroatoms. The van der Waals surface area contributed by atoms with Crippen LogP contribution in [0.3, 0.4) is 0 Å². The van der Waals surface area contributed by atoms with Gasteiger partial charge in [0.2, 0.25) is 0 Å². The Hall–Kier alpha value is -7.00. The summed E-state index contributed by atoms with van der Waals surface area (Å²) in [5.74, 6) is -16.1. The van der Waals surface area contributed by atoms with Crippen LogP contribution in [0.4, 0.5) is 26.3 Å². The summed E-state index contributed by atoms with van der Waals surface area (Å²) in [5.41, 5.74) is 7.93. The molecule has 0 N–H and O–H groups in total. The molecule has 0 saturated heterocycles. The van der Waals surface area contributed by atoms with Gasteiger partial charge in [0, 0.05) is 52.2 Å². The number of benzene rings is 8. The lowest BCUT2D eigenvalue weighted by Crippen LogP contribution is -2.48. The molecule has 2 heterocycles. The molecule has 0 unspecified atom stereocenters. The number of hydrogen-bond acceptors (Lipinski definition) is 2. The minimum atomic E-state index is -5.71. The van der Waals surface area contributed by atoms with E-state index >= 15 is 26.3 Å². The van der Waals surface area contributed by atoms with Gasteiger partial charge in [-0.3, -0.25) is 0 Å². The third-order valence-electron chi connectivity index (χ3n) is 12.9. The van der Waals surface area contributed by atoms with E-state index in [-0.39, 0.29) is 31.7 Å². The number of fused-ring (bicyclic) bond motifs is 2. The minimum absolute atomic E-state index is 0.209. The number of thiophene rings is 2. The predicted octanol–water partition coefficient (Wildman–Crippen LogP) is 18.6. The van der Waals surface area contributed by atoms with Crippen molar-refractivity contribution in [3.63, 3.8) is 0 Å². The first-order chi connectivity index (χ1) is 32.3. The van der Waals surface area contributed by atoms with Gasteiger partial charge in [0.1, 0.15) is 0 Å². The van der Waals surface area contributed by atoms with Crippen LogP contribution < -0.4 is 0 Å². The van der Waals surface area contributed by atoms with Crippen molar-refractivity contribution in [2.75, 3.05) is 0 Å². The van der Waals surface area contributed by atoms with Crippen LogP contribution >= 0.6 is 22.7 Å². The summed E-state index contributed by atoms with van der Waals surface area (Å²) in [7, 11) is 0. The Morgan fingerprint density at radius 1 is 0.313 bits per heavy atom. The fraction of sp³-hybridized carbons (Fsp3) is 0.0847. The lowest BCUT2D eigenvalue weighted by Gasteiger charge is -2.26. The van der Waals surface area contributed by atoms with Crippen LogP contribution in [0, 0.1) is 13.8 Å². The largest absolute Gasteiger partial charge is 0.380 e. The first-order valence-corrected chi connectivity index (χ1v) is 23.4. The van der Waals surface area contributed by atoms with Crippen molar-refractivity contribution in [3.05, 3.63) is 215 Å². The summed E-state index contributed by atoms with van der Waals surface area (Å²) in [6.45, 7) is 3.08. The Kier molecular flexibility index (Phi) is 10.2. The number of halogens is 6. The second-order valence-electron chi connectivity index (χ2n) is 16.9. The number of rotatable bonds is 8. The molecule has 0 nitrogen and oxygen atoms in total. The molecule has 1 aliphatic carbocycles. The molecule has 10 aromatic rings. The third kappa shape index (κ3) is 6.87. The number of aryl methyl sites for hydroxylation is 2. The van der Waals surface area contributed by atoms with E-state index in [0.29, 0.717) is 9.40 Å². The van der Waals surface area contributed by atoms with Gasteiger partial charge in [0.25, 0.3) is 0 Å². The summed E-state index contributed by atoms with van der Waals surface area (Å²) >= 11 is 2.26. The number of hydrogen-bond donors (Lipinski definition) is 0. The maximum Gasteiger partial charge on any atom is 0.380 e. The molecule has 0 amide bonds. The van der Waals surface area contributed by atoms with E-state index in [9.17, 15) is 0 Å². The molecule has 2 aromatic heterocycles. The number of allylic oxidation sites excluding steroid dienone is 2. The first kappa shape index (κ1) is 42.6. The maximum absolute atomic E-state index is 16.7. The summed E-state index contributed by atoms with van der Waals surface area (Å²) < 4.78 is 99.7. The van der Waals surface area contributed by atoms with Crippen LogP contribution in [-0.4, -0.2) is 17.8 Å².